The summed E-state index contributed by atoms with van der Waals surface area (Å²) in [6.45, 7) is 0.462. The number of amides is 3. The van der Waals surface area contributed by atoms with Gasteiger partial charge in [0.25, 0.3) is 0 Å². The van der Waals surface area contributed by atoms with Gasteiger partial charge in [0.05, 0.1) is 6.04 Å². The van der Waals surface area contributed by atoms with Crippen LogP contribution in [0.5, 0.6) is 0 Å². The molecule has 3 amide bonds. The minimum Gasteiger partial charge on any atom is -0.465 e. The van der Waals surface area contributed by atoms with Crippen LogP contribution in [0.2, 0.25) is 0 Å². The van der Waals surface area contributed by atoms with Crippen LogP contribution in [0.15, 0.2) is 30.3 Å². The summed E-state index contributed by atoms with van der Waals surface area (Å²) in [7, 11) is 1.70. The Kier molecular flexibility index (Phi) is 10.00. The van der Waals surface area contributed by atoms with Crippen molar-refractivity contribution < 1.29 is 24.3 Å². The molecule has 0 spiro atoms. The SMILES string of the molecule is CN(Cc1ccccc1)C(=O)CC[C@@H](C=O)NC(=O)[C@H](CC1CCCCC1)NC(=O)O. The van der Waals surface area contributed by atoms with Gasteiger partial charge in [-0.3, -0.25) is 9.59 Å². The highest BCUT2D eigenvalue weighted by Crippen LogP contribution is 2.27. The molecule has 2 rings (SSSR count). The highest BCUT2D eigenvalue weighted by molar-refractivity contribution is 5.87. The van der Waals surface area contributed by atoms with Crippen molar-refractivity contribution >= 4 is 24.2 Å². The lowest BCUT2D eigenvalue weighted by molar-refractivity contribution is -0.131. The van der Waals surface area contributed by atoms with E-state index < -0.39 is 24.1 Å². The van der Waals surface area contributed by atoms with Crippen LogP contribution in [0, 0.1) is 5.92 Å². The van der Waals surface area contributed by atoms with Gasteiger partial charge in [0.1, 0.15) is 12.3 Å². The standard InChI is InChI=1S/C23H33N3O5/c1-26(15-18-10-6-3-7-11-18)21(28)13-12-19(16-27)24-22(29)20(25-23(30)31)14-17-8-4-2-5-9-17/h3,6-7,10-11,16-17,19-20,25H,2,4-5,8-9,12-15H2,1H3,(H,24,29)(H,30,31)/t19-,20-/m0/s1. The Hall–Kier alpha value is -2.90. The van der Waals surface area contributed by atoms with Gasteiger partial charge in [-0.1, -0.05) is 62.4 Å². The van der Waals surface area contributed by atoms with Gasteiger partial charge < -0.3 is 25.4 Å². The molecule has 1 aliphatic rings. The number of hydrogen-bond donors (Lipinski definition) is 3. The fourth-order valence-corrected chi connectivity index (χ4v) is 4.01. The highest BCUT2D eigenvalue weighted by atomic mass is 16.4. The molecule has 31 heavy (non-hydrogen) atoms. The minimum absolute atomic E-state index is 0.104. The molecule has 8 nitrogen and oxygen atoms in total. The van der Waals surface area contributed by atoms with Crippen molar-refractivity contribution in [2.45, 2.75) is 70.0 Å². The van der Waals surface area contributed by atoms with Gasteiger partial charge in [-0.15, -0.1) is 0 Å². The van der Waals surface area contributed by atoms with Crippen molar-refractivity contribution in [2.24, 2.45) is 5.92 Å². The molecule has 3 N–H and O–H groups in total. The first-order valence-corrected chi connectivity index (χ1v) is 10.9. The zero-order valence-corrected chi connectivity index (χ0v) is 18.1. The number of aldehydes is 1. The quantitative estimate of drug-likeness (QED) is 0.466. The zero-order chi connectivity index (χ0) is 22.6. The lowest BCUT2D eigenvalue weighted by atomic mass is 9.84. The Morgan fingerprint density at radius 3 is 2.42 bits per heavy atom. The van der Waals surface area contributed by atoms with E-state index in [0.29, 0.717) is 25.2 Å². The van der Waals surface area contributed by atoms with Crippen LogP contribution >= 0.6 is 0 Å². The normalized spacial score (nSPS) is 16.0. The zero-order valence-electron chi connectivity index (χ0n) is 18.1. The van der Waals surface area contributed by atoms with Crippen molar-refractivity contribution in [1.82, 2.24) is 15.5 Å². The number of benzene rings is 1. The Labute approximate surface area is 183 Å². The van der Waals surface area contributed by atoms with Gasteiger partial charge in [-0.05, 0) is 24.3 Å². The third kappa shape index (κ3) is 8.78. The molecule has 1 fully saturated rings. The number of carboxylic acid groups (broad SMARTS) is 1. The van der Waals surface area contributed by atoms with E-state index in [1.165, 1.54) is 6.42 Å². The molecule has 0 radical (unpaired) electrons. The number of nitrogens with one attached hydrogen (secondary N) is 2. The van der Waals surface area contributed by atoms with Gasteiger partial charge in [-0.2, -0.15) is 0 Å². The Morgan fingerprint density at radius 2 is 1.81 bits per heavy atom. The van der Waals surface area contributed by atoms with Gasteiger partial charge in [0.15, 0.2) is 0 Å². The maximum absolute atomic E-state index is 12.7. The monoisotopic (exact) mass is 431 g/mol. The van der Waals surface area contributed by atoms with Crippen molar-refractivity contribution in [3.8, 4) is 0 Å². The van der Waals surface area contributed by atoms with Gasteiger partial charge in [0, 0.05) is 20.0 Å². The molecule has 0 aromatic heterocycles. The van der Waals surface area contributed by atoms with E-state index in [4.69, 9.17) is 5.11 Å². The maximum atomic E-state index is 12.7. The average molecular weight is 432 g/mol. The van der Waals surface area contributed by atoms with E-state index >= 15 is 0 Å². The predicted octanol–water partition coefficient (Wildman–Crippen LogP) is 2.72. The van der Waals surface area contributed by atoms with Crippen LogP contribution in [0.3, 0.4) is 0 Å². The summed E-state index contributed by atoms with van der Waals surface area (Å²) < 4.78 is 0. The van der Waals surface area contributed by atoms with Crippen molar-refractivity contribution in [2.75, 3.05) is 7.05 Å². The summed E-state index contributed by atoms with van der Waals surface area (Å²) in [5, 5.41) is 14.0. The lowest BCUT2D eigenvalue weighted by Gasteiger charge is -2.26. The second-order valence-corrected chi connectivity index (χ2v) is 8.27. The molecule has 0 saturated heterocycles. The largest absolute Gasteiger partial charge is 0.465 e. The van der Waals surface area contributed by atoms with E-state index in [-0.39, 0.29) is 18.7 Å². The highest BCUT2D eigenvalue weighted by Gasteiger charge is 2.27. The van der Waals surface area contributed by atoms with Gasteiger partial charge >= 0.3 is 6.09 Å². The number of carbonyl (C=O) groups is 4. The molecule has 170 valence electrons. The van der Waals surface area contributed by atoms with Crippen LogP contribution < -0.4 is 10.6 Å². The first kappa shape index (κ1) is 24.4. The Bertz CT molecular complexity index is 734. The molecule has 0 heterocycles. The first-order chi connectivity index (χ1) is 14.9. The fourth-order valence-electron chi connectivity index (χ4n) is 4.01. The molecule has 1 aliphatic carbocycles. The summed E-state index contributed by atoms with van der Waals surface area (Å²) >= 11 is 0. The summed E-state index contributed by atoms with van der Waals surface area (Å²) in [6, 6.07) is 7.83. The maximum Gasteiger partial charge on any atom is 0.405 e. The molecular weight excluding hydrogens is 398 g/mol. The molecule has 2 atom stereocenters. The number of rotatable bonds is 11. The van der Waals surface area contributed by atoms with Gasteiger partial charge in [-0.25, -0.2) is 4.79 Å². The van der Waals surface area contributed by atoms with E-state index in [1.807, 2.05) is 30.3 Å². The summed E-state index contributed by atoms with van der Waals surface area (Å²) in [6.07, 6.45) is 5.31. The molecule has 0 bridgehead atoms. The predicted molar refractivity (Wildman–Crippen MR) is 116 cm³/mol. The van der Waals surface area contributed by atoms with Crippen LogP contribution in [0.4, 0.5) is 4.79 Å². The number of hydrogen-bond acceptors (Lipinski definition) is 4. The van der Waals surface area contributed by atoms with Crippen molar-refractivity contribution in [1.29, 1.82) is 0 Å². The average Bonchev–Trinajstić information content (AvgIpc) is 2.76. The lowest BCUT2D eigenvalue weighted by Crippen LogP contribution is -2.50. The van der Waals surface area contributed by atoms with E-state index in [2.05, 4.69) is 10.6 Å². The minimum atomic E-state index is -1.27. The first-order valence-electron chi connectivity index (χ1n) is 10.9. The summed E-state index contributed by atoms with van der Waals surface area (Å²) in [4.78, 5) is 49.2. The Balaban J connectivity index is 1.85. The van der Waals surface area contributed by atoms with Gasteiger partial charge in [0.2, 0.25) is 11.8 Å². The van der Waals surface area contributed by atoms with Crippen LogP contribution in [-0.2, 0) is 20.9 Å². The van der Waals surface area contributed by atoms with Crippen LogP contribution in [0.25, 0.3) is 0 Å². The fraction of sp³-hybridized carbons (Fsp3) is 0.565. The molecule has 0 unspecified atom stereocenters. The smallest absolute Gasteiger partial charge is 0.405 e. The van der Waals surface area contributed by atoms with E-state index in [9.17, 15) is 19.2 Å². The Morgan fingerprint density at radius 1 is 1.13 bits per heavy atom. The molecule has 8 heteroatoms. The molecular formula is C23H33N3O5. The number of carbonyl (C=O) groups excluding carboxylic acids is 3. The van der Waals surface area contributed by atoms with Crippen molar-refractivity contribution in [3.05, 3.63) is 35.9 Å². The van der Waals surface area contributed by atoms with Crippen LogP contribution in [-0.4, -0.2) is 53.3 Å². The van der Waals surface area contributed by atoms with E-state index in [0.717, 1.165) is 31.2 Å². The van der Waals surface area contributed by atoms with E-state index in [1.54, 1.807) is 11.9 Å². The molecule has 1 aromatic rings. The third-order valence-electron chi connectivity index (χ3n) is 5.76. The summed E-state index contributed by atoms with van der Waals surface area (Å²) in [5.74, 6) is -0.359. The number of nitrogens with zero attached hydrogens (tertiary/aromatic N) is 1. The summed E-state index contributed by atoms with van der Waals surface area (Å²) in [5.41, 5.74) is 1.00. The topological polar surface area (TPSA) is 116 Å². The second-order valence-electron chi connectivity index (χ2n) is 8.27. The third-order valence-corrected chi connectivity index (χ3v) is 5.76. The van der Waals surface area contributed by atoms with Crippen LogP contribution in [0.1, 0.15) is 56.9 Å². The second kappa shape index (κ2) is 12.7. The molecule has 0 aliphatic heterocycles. The van der Waals surface area contributed by atoms with Crippen molar-refractivity contribution in [3.63, 3.8) is 0 Å². The molecule has 1 saturated carbocycles. The molecule has 1 aromatic carbocycles.